The first-order valence-corrected chi connectivity index (χ1v) is 8.22. The Labute approximate surface area is 161 Å². The first kappa shape index (κ1) is 21.0. The van der Waals surface area contributed by atoms with E-state index in [1.807, 2.05) is 6.07 Å². The van der Waals surface area contributed by atoms with Crippen molar-refractivity contribution < 1.29 is 9.13 Å². The molecular weight excluding hydrogens is 422 g/mol. The first-order chi connectivity index (χ1) is 11.2. The maximum absolute atomic E-state index is 13.7. The number of halogens is 2. The number of guanidine groups is 1. The van der Waals surface area contributed by atoms with Gasteiger partial charge in [0, 0.05) is 26.7 Å². The number of rotatable bonds is 6. The second kappa shape index (κ2) is 11.5. The number of aliphatic imine (C=N–C) groups is 1. The normalized spacial score (nSPS) is 15.5. The summed E-state index contributed by atoms with van der Waals surface area (Å²) >= 11 is 0. The zero-order chi connectivity index (χ0) is 16.5. The Morgan fingerprint density at radius 1 is 1.25 bits per heavy atom. The van der Waals surface area contributed by atoms with E-state index in [9.17, 15) is 4.39 Å². The van der Waals surface area contributed by atoms with Crippen LogP contribution in [-0.4, -0.2) is 51.2 Å². The number of likely N-dealkylation sites (tertiary alicyclic amines) is 1. The van der Waals surface area contributed by atoms with Gasteiger partial charge in [0.15, 0.2) is 17.5 Å². The van der Waals surface area contributed by atoms with E-state index in [4.69, 9.17) is 4.74 Å². The second-order valence-corrected chi connectivity index (χ2v) is 5.72. The molecule has 0 bridgehead atoms. The molecule has 1 aliphatic heterocycles. The second-order valence-electron chi connectivity index (χ2n) is 5.72. The third-order valence-corrected chi connectivity index (χ3v) is 4.07. The van der Waals surface area contributed by atoms with Crippen LogP contribution in [0.15, 0.2) is 23.2 Å². The number of methoxy groups -OCH3 is 1. The van der Waals surface area contributed by atoms with Crippen molar-refractivity contribution in [1.82, 2.24) is 15.5 Å². The van der Waals surface area contributed by atoms with Crippen LogP contribution in [0, 0.1) is 5.82 Å². The van der Waals surface area contributed by atoms with Crippen LogP contribution >= 0.6 is 24.0 Å². The lowest BCUT2D eigenvalue weighted by atomic mass is 10.1. The predicted molar refractivity (Wildman–Crippen MR) is 107 cm³/mol. The summed E-state index contributed by atoms with van der Waals surface area (Å²) in [5, 5.41) is 6.50. The number of nitrogens with one attached hydrogen (secondary N) is 2. The highest BCUT2D eigenvalue weighted by Gasteiger charge is 2.09. The fourth-order valence-corrected chi connectivity index (χ4v) is 2.74. The number of ether oxygens (including phenoxy) is 1. The fraction of sp³-hybridized carbons (Fsp3) is 0.588. The highest BCUT2D eigenvalue weighted by Crippen LogP contribution is 2.17. The maximum atomic E-state index is 13.7. The summed E-state index contributed by atoms with van der Waals surface area (Å²) in [4.78, 5) is 6.67. The van der Waals surface area contributed by atoms with E-state index in [0.717, 1.165) is 24.6 Å². The molecule has 1 heterocycles. The van der Waals surface area contributed by atoms with E-state index in [2.05, 4.69) is 20.5 Å². The molecule has 0 atom stereocenters. The molecule has 1 aromatic rings. The van der Waals surface area contributed by atoms with Gasteiger partial charge in [0.1, 0.15) is 0 Å². The van der Waals surface area contributed by atoms with Crippen molar-refractivity contribution in [3.05, 3.63) is 29.6 Å². The molecular formula is C17H28FIN4O. The molecule has 0 radical (unpaired) electrons. The van der Waals surface area contributed by atoms with Crippen molar-refractivity contribution in [2.45, 2.75) is 25.8 Å². The van der Waals surface area contributed by atoms with Crippen molar-refractivity contribution in [2.24, 2.45) is 4.99 Å². The summed E-state index contributed by atoms with van der Waals surface area (Å²) in [5.41, 5.74) is 0.849. The molecule has 1 aliphatic rings. The topological polar surface area (TPSA) is 48.9 Å². The summed E-state index contributed by atoms with van der Waals surface area (Å²) in [6.45, 7) is 4.79. The molecule has 24 heavy (non-hydrogen) atoms. The van der Waals surface area contributed by atoms with E-state index in [1.165, 1.54) is 45.5 Å². The van der Waals surface area contributed by atoms with Gasteiger partial charge in [-0.1, -0.05) is 12.5 Å². The lowest BCUT2D eigenvalue weighted by Crippen LogP contribution is -2.42. The van der Waals surface area contributed by atoms with Gasteiger partial charge in [-0.15, -0.1) is 24.0 Å². The smallest absolute Gasteiger partial charge is 0.191 e. The van der Waals surface area contributed by atoms with Gasteiger partial charge in [0.2, 0.25) is 0 Å². The largest absolute Gasteiger partial charge is 0.494 e. The Hall–Kier alpha value is -1.09. The van der Waals surface area contributed by atoms with Crippen molar-refractivity contribution >= 4 is 29.9 Å². The molecule has 7 heteroatoms. The average molecular weight is 450 g/mol. The zero-order valence-electron chi connectivity index (χ0n) is 14.5. The van der Waals surface area contributed by atoms with E-state index in [0.29, 0.717) is 6.54 Å². The molecule has 136 valence electrons. The van der Waals surface area contributed by atoms with E-state index in [-0.39, 0.29) is 35.5 Å². The van der Waals surface area contributed by atoms with Gasteiger partial charge in [-0.3, -0.25) is 4.99 Å². The Bertz CT molecular complexity index is 521. The molecule has 2 N–H and O–H groups in total. The van der Waals surface area contributed by atoms with E-state index >= 15 is 0 Å². The number of hydrogen-bond acceptors (Lipinski definition) is 3. The molecule has 0 aliphatic carbocycles. The highest BCUT2D eigenvalue weighted by molar-refractivity contribution is 14.0. The van der Waals surface area contributed by atoms with Crippen molar-refractivity contribution in [1.29, 1.82) is 0 Å². The first-order valence-electron chi connectivity index (χ1n) is 8.22. The standard InChI is InChI=1S/C17H27FN4O.HI/c1-19-17(20-8-11-22-9-4-3-5-10-22)21-13-14-6-7-16(23-2)15(18)12-14;/h6-7,12H,3-5,8-11,13H2,1-2H3,(H2,19,20,21);1H. The summed E-state index contributed by atoms with van der Waals surface area (Å²) in [7, 11) is 3.20. The van der Waals surface area contributed by atoms with E-state index in [1.54, 1.807) is 13.1 Å². The third kappa shape index (κ3) is 6.80. The molecule has 0 unspecified atom stereocenters. The summed E-state index contributed by atoms with van der Waals surface area (Å²) in [5.74, 6) is 0.649. The molecule has 0 saturated carbocycles. The van der Waals surface area contributed by atoms with Crippen LogP contribution in [0.4, 0.5) is 4.39 Å². The highest BCUT2D eigenvalue weighted by atomic mass is 127. The molecule has 0 spiro atoms. The number of hydrogen-bond donors (Lipinski definition) is 2. The molecule has 1 fully saturated rings. The van der Waals surface area contributed by atoms with Gasteiger partial charge in [0.25, 0.3) is 0 Å². The number of benzene rings is 1. The van der Waals surface area contributed by atoms with Gasteiger partial charge < -0.3 is 20.3 Å². The Morgan fingerprint density at radius 3 is 2.62 bits per heavy atom. The zero-order valence-corrected chi connectivity index (χ0v) is 16.8. The van der Waals surface area contributed by atoms with Crippen LogP contribution in [0.2, 0.25) is 0 Å². The lowest BCUT2D eigenvalue weighted by Gasteiger charge is -2.26. The predicted octanol–water partition coefficient (Wildman–Crippen LogP) is 2.60. The van der Waals surface area contributed by atoms with Crippen LogP contribution in [0.3, 0.4) is 0 Å². The van der Waals surface area contributed by atoms with Crippen LogP contribution in [0.5, 0.6) is 5.75 Å². The minimum atomic E-state index is -0.347. The minimum Gasteiger partial charge on any atom is -0.494 e. The Morgan fingerprint density at radius 2 is 2.00 bits per heavy atom. The fourth-order valence-electron chi connectivity index (χ4n) is 2.74. The van der Waals surface area contributed by atoms with Crippen LogP contribution in [0.1, 0.15) is 24.8 Å². The lowest BCUT2D eigenvalue weighted by molar-refractivity contribution is 0.232. The summed E-state index contributed by atoms with van der Waals surface area (Å²) in [6.07, 6.45) is 3.96. The molecule has 0 amide bonds. The maximum Gasteiger partial charge on any atom is 0.191 e. The molecule has 1 saturated heterocycles. The van der Waals surface area contributed by atoms with Gasteiger partial charge in [-0.2, -0.15) is 0 Å². The minimum absolute atomic E-state index is 0. The van der Waals surface area contributed by atoms with Gasteiger partial charge >= 0.3 is 0 Å². The summed E-state index contributed by atoms with van der Waals surface area (Å²) < 4.78 is 18.6. The van der Waals surface area contributed by atoms with Crippen LogP contribution < -0.4 is 15.4 Å². The Balaban J connectivity index is 0.00000288. The van der Waals surface area contributed by atoms with E-state index < -0.39 is 0 Å². The van der Waals surface area contributed by atoms with Crippen molar-refractivity contribution in [3.63, 3.8) is 0 Å². The molecule has 0 aromatic heterocycles. The molecule has 2 rings (SSSR count). The summed E-state index contributed by atoms with van der Waals surface area (Å²) in [6, 6.07) is 4.96. The number of piperidine rings is 1. The van der Waals surface area contributed by atoms with Gasteiger partial charge in [-0.05, 0) is 43.6 Å². The Kier molecular flexibility index (Phi) is 10.0. The monoisotopic (exact) mass is 450 g/mol. The SMILES string of the molecule is CN=C(NCCN1CCCCC1)NCc1ccc(OC)c(F)c1.I. The third-order valence-electron chi connectivity index (χ3n) is 4.07. The van der Waals surface area contributed by atoms with Crippen molar-refractivity contribution in [3.8, 4) is 5.75 Å². The van der Waals surface area contributed by atoms with Gasteiger partial charge in [-0.25, -0.2) is 4.39 Å². The van der Waals surface area contributed by atoms with Crippen LogP contribution in [-0.2, 0) is 6.54 Å². The average Bonchev–Trinajstić information content (AvgIpc) is 2.59. The number of nitrogens with zero attached hydrogens (tertiary/aromatic N) is 2. The van der Waals surface area contributed by atoms with Gasteiger partial charge in [0.05, 0.1) is 7.11 Å². The van der Waals surface area contributed by atoms with Crippen LogP contribution in [0.25, 0.3) is 0 Å². The quantitative estimate of drug-likeness (QED) is 0.398. The molecule has 5 nitrogen and oxygen atoms in total. The van der Waals surface area contributed by atoms with Crippen molar-refractivity contribution in [2.75, 3.05) is 40.3 Å². The molecule has 1 aromatic carbocycles.